The molecule has 0 aromatic heterocycles. The SMILES string of the molecule is CCN(CC)CC1(NC(=O)[C@H]2OCC(=O)N[C@@H]2c2ccccc2Cl)CC1. The van der Waals surface area contributed by atoms with Crippen molar-refractivity contribution in [3.63, 3.8) is 0 Å². The second kappa shape index (κ2) is 7.94. The van der Waals surface area contributed by atoms with Gasteiger partial charge in [0.2, 0.25) is 5.91 Å². The Labute approximate surface area is 159 Å². The predicted octanol–water partition coefficient (Wildman–Crippen LogP) is 1.89. The van der Waals surface area contributed by atoms with Crippen LogP contribution in [0.1, 0.15) is 38.3 Å². The van der Waals surface area contributed by atoms with Crippen LogP contribution >= 0.6 is 11.6 Å². The molecule has 1 saturated heterocycles. The zero-order valence-electron chi connectivity index (χ0n) is 15.3. The van der Waals surface area contributed by atoms with Crippen LogP contribution in [0, 0.1) is 0 Å². The Balaban J connectivity index is 1.74. The minimum atomic E-state index is -0.790. The van der Waals surface area contributed by atoms with Gasteiger partial charge < -0.3 is 20.3 Å². The minimum absolute atomic E-state index is 0.123. The number of carbonyl (C=O) groups is 2. The Morgan fingerprint density at radius 3 is 2.65 bits per heavy atom. The first-order chi connectivity index (χ1) is 12.5. The number of rotatable bonds is 7. The summed E-state index contributed by atoms with van der Waals surface area (Å²) in [6, 6.07) is 6.62. The molecule has 0 spiro atoms. The maximum atomic E-state index is 13.0. The number of ether oxygens (including phenoxy) is 1. The summed E-state index contributed by atoms with van der Waals surface area (Å²) < 4.78 is 5.61. The van der Waals surface area contributed by atoms with Gasteiger partial charge in [-0.05, 0) is 37.6 Å². The smallest absolute Gasteiger partial charge is 0.252 e. The summed E-state index contributed by atoms with van der Waals surface area (Å²) in [4.78, 5) is 27.1. The van der Waals surface area contributed by atoms with Gasteiger partial charge in [0.25, 0.3) is 5.91 Å². The Hall–Kier alpha value is -1.63. The van der Waals surface area contributed by atoms with Crippen molar-refractivity contribution in [2.24, 2.45) is 0 Å². The number of hydrogen-bond donors (Lipinski definition) is 2. The Morgan fingerprint density at radius 2 is 2.04 bits per heavy atom. The van der Waals surface area contributed by atoms with Crippen molar-refractivity contribution in [3.8, 4) is 0 Å². The molecule has 1 saturated carbocycles. The standard InChI is InChI=1S/C19H26ClN3O3/c1-3-23(4-2)12-19(9-10-19)22-18(25)17-16(21-15(24)11-26-17)13-7-5-6-8-14(13)20/h5-8,16-17H,3-4,9-12H2,1-2H3,(H,21,24)(H,22,25)/t16-,17+/m1/s1. The molecule has 26 heavy (non-hydrogen) atoms. The zero-order chi connectivity index (χ0) is 18.7. The number of nitrogens with one attached hydrogen (secondary N) is 2. The van der Waals surface area contributed by atoms with Crippen molar-refractivity contribution >= 4 is 23.4 Å². The van der Waals surface area contributed by atoms with Gasteiger partial charge in [-0.15, -0.1) is 0 Å². The number of halogens is 1. The van der Waals surface area contributed by atoms with Gasteiger partial charge in [-0.25, -0.2) is 0 Å². The molecule has 0 radical (unpaired) electrons. The lowest BCUT2D eigenvalue weighted by Gasteiger charge is -2.34. The summed E-state index contributed by atoms with van der Waals surface area (Å²) >= 11 is 6.28. The van der Waals surface area contributed by atoms with Gasteiger partial charge >= 0.3 is 0 Å². The molecule has 0 unspecified atom stereocenters. The van der Waals surface area contributed by atoms with Crippen molar-refractivity contribution in [2.45, 2.75) is 44.4 Å². The fourth-order valence-corrected chi connectivity index (χ4v) is 3.68. The molecule has 0 bridgehead atoms. The van der Waals surface area contributed by atoms with E-state index < -0.39 is 12.1 Å². The van der Waals surface area contributed by atoms with Crippen molar-refractivity contribution in [2.75, 3.05) is 26.2 Å². The summed E-state index contributed by atoms with van der Waals surface area (Å²) in [7, 11) is 0. The van der Waals surface area contributed by atoms with E-state index in [9.17, 15) is 9.59 Å². The van der Waals surface area contributed by atoms with Crippen LogP contribution in [0.15, 0.2) is 24.3 Å². The average molecular weight is 380 g/mol. The maximum absolute atomic E-state index is 13.0. The third kappa shape index (κ3) is 4.19. The molecule has 1 aromatic carbocycles. The van der Waals surface area contributed by atoms with Gasteiger partial charge in [-0.1, -0.05) is 43.6 Å². The van der Waals surface area contributed by atoms with Crippen LogP contribution in [0.5, 0.6) is 0 Å². The highest BCUT2D eigenvalue weighted by atomic mass is 35.5. The van der Waals surface area contributed by atoms with E-state index in [4.69, 9.17) is 16.3 Å². The van der Waals surface area contributed by atoms with Gasteiger partial charge in [0.15, 0.2) is 6.10 Å². The lowest BCUT2D eigenvalue weighted by molar-refractivity contribution is -0.148. The number of benzene rings is 1. The molecule has 6 nitrogen and oxygen atoms in total. The monoisotopic (exact) mass is 379 g/mol. The molecule has 2 atom stereocenters. The topological polar surface area (TPSA) is 70.7 Å². The summed E-state index contributed by atoms with van der Waals surface area (Å²) in [5.74, 6) is -0.442. The van der Waals surface area contributed by atoms with Crippen molar-refractivity contribution in [3.05, 3.63) is 34.9 Å². The molecular formula is C19H26ClN3O3. The largest absolute Gasteiger partial charge is 0.356 e. The third-order valence-electron chi connectivity index (χ3n) is 5.17. The summed E-state index contributed by atoms with van der Waals surface area (Å²) in [6.45, 7) is 6.85. The van der Waals surface area contributed by atoms with Crippen molar-refractivity contribution in [1.82, 2.24) is 15.5 Å². The molecule has 1 heterocycles. The first-order valence-electron chi connectivity index (χ1n) is 9.18. The van der Waals surface area contributed by atoms with Gasteiger partial charge in [-0.3, -0.25) is 9.59 Å². The predicted molar refractivity (Wildman–Crippen MR) is 100.0 cm³/mol. The van der Waals surface area contributed by atoms with E-state index in [2.05, 4.69) is 29.4 Å². The molecule has 2 N–H and O–H groups in total. The summed E-state index contributed by atoms with van der Waals surface area (Å²) in [6.07, 6.45) is 1.14. The van der Waals surface area contributed by atoms with Crippen LogP contribution in [-0.2, 0) is 14.3 Å². The molecule has 7 heteroatoms. The second-order valence-corrected chi connectivity index (χ2v) is 7.44. The highest BCUT2D eigenvalue weighted by Crippen LogP contribution is 2.37. The number of amides is 2. The molecule has 1 aliphatic carbocycles. The van der Waals surface area contributed by atoms with Gasteiger partial charge in [0.1, 0.15) is 6.61 Å². The van der Waals surface area contributed by atoms with Crippen LogP contribution < -0.4 is 10.6 Å². The molecule has 1 aromatic rings. The van der Waals surface area contributed by atoms with Gasteiger partial charge in [0.05, 0.1) is 11.6 Å². The Kier molecular flexibility index (Phi) is 5.85. The van der Waals surface area contributed by atoms with Gasteiger partial charge in [-0.2, -0.15) is 0 Å². The molecule has 2 aliphatic rings. The molecule has 3 rings (SSSR count). The van der Waals surface area contributed by atoms with E-state index in [0.29, 0.717) is 10.6 Å². The van der Waals surface area contributed by atoms with E-state index in [1.54, 1.807) is 6.07 Å². The highest BCUT2D eigenvalue weighted by molar-refractivity contribution is 6.31. The number of carbonyl (C=O) groups excluding carboxylic acids is 2. The molecule has 142 valence electrons. The van der Waals surface area contributed by atoms with Crippen LogP contribution in [-0.4, -0.2) is 54.6 Å². The summed E-state index contributed by atoms with van der Waals surface area (Å²) in [5, 5.41) is 6.53. The maximum Gasteiger partial charge on any atom is 0.252 e. The molecule has 2 amide bonds. The fourth-order valence-electron chi connectivity index (χ4n) is 3.43. The van der Waals surface area contributed by atoms with Gasteiger partial charge in [0, 0.05) is 11.6 Å². The van der Waals surface area contributed by atoms with Crippen LogP contribution in [0.25, 0.3) is 0 Å². The van der Waals surface area contributed by atoms with E-state index in [1.165, 1.54) is 0 Å². The molecular weight excluding hydrogens is 354 g/mol. The highest BCUT2D eigenvalue weighted by Gasteiger charge is 2.47. The summed E-state index contributed by atoms with van der Waals surface area (Å²) in [5.41, 5.74) is 0.509. The van der Waals surface area contributed by atoms with Crippen molar-refractivity contribution < 1.29 is 14.3 Å². The third-order valence-corrected chi connectivity index (χ3v) is 5.52. The number of likely N-dealkylation sites (N-methyl/N-ethyl adjacent to an activating group) is 1. The van der Waals surface area contributed by atoms with E-state index >= 15 is 0 Å². The van der Waals surface area contributed by atoms with Crippen LogP contribution in [0.3, 0.4) is 0 Å². The normalized spacial score (nSPS) is 24.2. The number of nitrogens with zero attached hydrogens (tertiary/aromatic N) is 1. The lowest BCUT2D eigenvalue weighted by Crippen LogP contribution is -2.56. The fraction of sp³-hybridized carbons (Fsp3) is 0.579. The first kappa shape index (κ1) is 19.1. The second-order valence-electron chi connectivity index (χ2n) is 7.03. The van der Waals surface area contributed by atoms with E-state index in [-0.39, 0.29) is 24.0 Å². The zero-order valence-corrected chi connectivity index (χ0v) is 16.0. The minimum Gasteiger partial charge on any atom is -0.356 e. The molecule has 1 aliphatic heterocycles. The van der Waals surface area contributed by atoms with Crippen LogP contribution in [0.4, 0.5) is 0 Å². The van der Waals surface area contributed by atoms with E-state index in [0.717, 1.165) is 32.5 Å². The lowest BCUT2D eigenvalue weighted by atomic mass is 9.98. The van der Waals surface area contributed by atoms with Crippen molar-refractivity contribution in [1.29, 1.82) is 0 Å². The quantitative estimate of drug-likeness (QED) is 0.759. The average Bonchev–Trinajstić information content (AvgIpc) is 3.39. The number of morpholine rings is 1. The van der Waals surface area contributed by atoms with E-state index in [1.807, 2.05) is 18.2 Å². The number of hydrogen-bond acceptors (Lipinski definition) is 4. The first-order valence-corrected chi connectivity index (χ1v) is 9.55. The Morgan fingerprint density at radius 1 is 1.35 bits per heavy atom. The Bertz CT molecular complexity index is 674. The molecule has 2 fully saturated rings. The van der Waals surface area contributed by atoms with Crippen LogP contribution in [0.2, 0.25) is 5.02 Å².